The Morgan fingerprint density at radius 2 is 1.67 bits per heavy atom. The number of aromatic nitrogens is 4. The van der Waals surface area contributed by atoms with Crippen molar-refractivity contribution in [3.05, 3.63) is 36.4 Å². The van der Waals surface area contributed by atoms with E-state index < -0.39 is 0 Å². The van der Waals surface area contributed by atoms with Gasteiger partial charge in [-0.3, -0.25) is 4.79 Å². The third-order valence-corrected chi connectivity index (χ3v) is 8.05. The zero-order valence-electron chi connectivity index (χ0n) is 21.1. The number of carbonyl (C=O) groups excluding carboxylic acids is 1. The quantitative estimate of drug-likeness (QED) is 0.557. The number of ether oxygens (including phenoxy) is 1. The van der Waals surface area contributed by atoms with Crippen LogP contribution in [0.4, 0.5) is 11.5 Å². The fourth-order valence-corrected chi connectivity index (χ4v) is 5.93. The molecule has 1 amide bonds. The molecule has 1 aromatic carbocycles. The van der Waals surface area contributed by atoms with E-state index in [2.05, 4.69) is 41.4 Å². The predicted octanol–water partition coefficient (Wildman–Crippen LogP) is 3.13. The first-order chi connectivity index (χ1) is 17.7. The summed E-state index contributed by atoms with van der Waals surface area (Å²) in [4.78, 5) is 34.2. The molecule has 6 rings (SSSR count). The van der Waals surface area contributed by atoms with Crippen LogP contribution in [0.3, 0.4) is 0 Å². The molecule has 0 N–H and O–H groups in total. The number of imidazole rings is 1. The van der Waals surface area contributed by atoms with E-state index in [1.165, 1.54) is 24.9 Å². The van der Waals surface area contributed by atoms with Gasteiger partial charge in [0.25, 0.3) is 0 Å². The van der Waals surface area contributed by atoms with E-state index in [9.17, 15) is 4.79 Å². The van der Waals surface area contributed by atoms with Crippen LogP contribution in [-0.2, 0) is 17.8 Å². The van der Waals surface area contributed by atoms with Crippen molar-refractivity contribution >= 4 is 28.6 Å². The number of methoxy groups -OCH3 is 1. The highest BCUT2D eigenvalue weighted by molar-refractivity contribution is 5.84. The molecule has 190 valence electrons. The van der Waals surface area contributed by atoms with E-state index >= 15 is 0 Å². The van der Waals surface area contributed by atoms with Crippen LogP contribution in [0.2, 0.25) is 0 Å². The SMILES string of the molecule is COc1ccc(N2CCN(C(=O)C3CCN(c4ncnc5c4nc4n5CCCCC4)CC3)CC2)cc1. The van der Waals surface area contributed by atoms with Crippen LogP contribution in [-0.4, -0.2) is 76.7 Å². The highest BCUT2D eigenvalue weighted by atomic mass is 16.5. The highest BCUT2D eigenvalue weighted by Crippen LogP contribution is 2.30. The maximum Gasteiger partial charge on any atom is 0.225 e. The average molecular weight is 490 g/mol. The average Bonchev–Trinajstić information content (AvgIpc) is 3.13. The molecule has 2 fully saturated rings. The van der Waals surface area contributed by atoms with Gasteiger partial charge in [0.15, 0.2) is 17.0 Å². The molecule has 3 aliphatic rings. The highest BCUT2D eigenvalue weighted by Gasteiger charge is 2.32. The molecule has 2 saturated heterocycles. The molecule has 2 aromatic heterocycles. The standard InChI is InChI=1S/C27H35N7O2/c1-36-22-8-6-21(7-9-22)31-15-17-33(18-16-31)27(35)20-10-13-32(14-11-20)25-24-26(29-19-28-25)34-12-4-2-3-5-23(34)30-24/h6-9,19-20H,2-5,10-18H2,1H3. The number of anilines is 2. The zero-order valence-corrected chi connectivity index (χ0v) is 21.1. The second-order valence-corrected chi connectivity index (χ2v) is 10.1. The summed E-state index contributed by atoms with van der Waals surface area (Å²) >= 11 is 0. The molecule has 3 aliphatic heterocycles. The van der Waals surface area contributed by atoms with Crippen molar-refractivity contribution in [1.82, 2.24) is 24.4 Å². The summed E-state index contributed by atoms with van der Waals surface area (Å²) in [7, 11) is 1.68. The monoisotopic (exact) mass is 489 g/mol. The van der Waals surface area contributed by atoms with E-state index in [0.717, 1.165) is 93.6 Å². The summed E-state index contributed by atoms with van der Waals surface area (Å²) in [6, 6.07) is 8.17. The van der Waals surface area contributed by atoms with Crippen LogP contribution in [0.5, 0.6) is 5.75 Å². The fourth-order valence-electron chi connectivity index (χ4n) is 5.93. The Hall–Kier alpha value is -3.36. The Kier molecular flexibility index (Phi) is 6.37. The van der Waals surface area contributed by atoms with Crippen molar-refractivity contribution in [3.63, 3.8) is 0 Å². The summed E-state index contributed by atoms with van der Waals surface area (Å²) in [6.07, 6.45) is 8.02. The van der Waals surface area contributed by atoms with Gasteiger partial charge in [0, 0.05) is 63.8 Å². The van der Waals surface area contributed by atoms with Gasteiger partial charge in [0.1, 0.15) is 17.9 Å². The van der Waals surface area contributed by atoms with E-state index in [-0.39, 0.29) is 5.92 Å². The number of rotatable bonds is 4. The topological polar surface area (TPSA) is 79.6 Å². The summed E-state index contributed by atoms with van der Waals surface area (Å²) in [6.45, 7) is 5.93. The van der Waals surface area contributed by atoms with Gasteiger partial charge in [-0.05, 0) is 49.9 Å². The van der Waals surface area contributed by atoms with E-state index in [0.29, 0.717) is 5.91 Å². The van der Waals surface area contributed by atoms with Crippen LogP contribution >= 0.6 is 0 Å². The maximum absolute atomic E-state index is 13.3. The molecule has 0 radical (unpaired) electrons. The molecule has 5 heterocycles. The maximum atomic E-state index is 13.3. The number of piperazine rings is 1. The molecule has 0 aliphatic carbocycles. The molecule has 36 heavy (non-hydrogen) atoms. The number of hydrogen-bond donors (Lipinski definition) is 0. The Morgan fingerprint density at radius 3 is 2.42 bits per heavy atom. The van der Waals surface area contributed by atoms with Gasteiger partial charge >= 0.3 is 0 Å². The van der Waals surface area contributed by atoms with Gasteiger partial charge in [-0.15, -0.1) is 0 Å². The van der Waals surface area contributed by atoms with Crippen molar-refractivity contribution in [2.24, 2.45) is 5.92 Å². The fraction of sp³-hybridized carbons (Fsp3) is 0.556. The van der Waals surface area contributed by atoms with Gasteiger partial charge < -0.3 is 24.0 Å². The number of benzene rings is 1. The number of amides is 1. The first kappa shape index (κ1) is 23.1. The van der Waals surface area contributed by atoms with E-state index in [1.807, 2.05) is 12.1 Å². The summed E-state index contributed by atoms with van der Waals surface area (Å²) in [5.74, 6) is 3.34. The van der Waals surface area contributed by atoms with Gasteiger partial charge in [-0.2, -0.15) is 0 Å². The number of nitrogens with zero attached hydrogens (tertiary/aromatic N) is 7. The third kappa shape index (κ3) is 4.35. The van der Waals surface area contributed by atoms with Crippen LogP contribution in [0.25, 0.3) is 11.2 Å². The first-order valence-corrected chi connectivity index (χ1v) is 13.3. The number of hydrogen-bond acceptors (Lipinski definition) is 7. The molecular weight excluding hydrogens is 454 g/mol. The summed E-state index contributed by atoms with van der Waals surface area (Å²) < 4.78 is 7.55. The van der Waals surface area contributed by atoms with Gasteiger partial charge in [-0.1, -0.05) is 6.42 Å². The lowest BCUT2D eigenvalue weighted by Crippen LogP contribution is -2.51. The normalized spacial score (nSPS) is 19.3. The molecular formula is C27H35N7O2. The van der Waals surface area contributed by atoms with Crippen LogP contribution < -0.4 is 14.5 Å². The Labute approximate surface area is 212 Å². The minimum Gasteiger partial charge on any atom is -0.497 e. The summed E-state index contributed by atoms with van der Waals surface area (Å²) in [5, 5.41) is 0. The molecule has 0 unspecified atom stereocenters. The lowest BCUT2D eigenvalue weighted by molar-refractivity contribution is -0.136. The number of fused-ring (bicyclic) bond motifs is 3. The first-order valence-electron chi connectivity index (χ1n) is 13.3. The van der Waals surface area contributed by atoms with Crippen molar-refractivity contribution in [2.75, 3.05) is 56.2 Å². The van der Waals surface area contributed by atoms with Crippen molar-refractivity contribution in [2.45, 2.75) is 45.1 Å². The minimum atomic E-state index is 0.0878. The minimum absolute atomic E-state index is 0.0878. The third-order valence-electron chi connectivity index (χ3n) is 8.05. The zero-order chi connectivity index (χ0) is 24.5. The van der Waals surface area contributed by atoms with Gasteiger partial charge in [0.2, 0.25) is 5.91 Å². The smallest absolute Gasteiger partial charge is 0.225 e. The van der Waals surface area contributed by atoms with Gasteiger partial charge in [0.05, 0.1) is 7.11 Å². The largest absolute Gasteiger partial charge is 0.497 e. The van der Waals surface area contributed by atoms with Crippen LogP contribution in [0, 0.1) is 5.92 Å². The van der Waals surface area contributed by atoms with E-state index in [1.54, 1.807) is 13.4 Å². The van der Waals surface area contributed by atoms with Crippen molar-refractivity contribution < 1.29 is 9.53 Å². The van der Waals surface area contributed by atoms with Crippen molar-refractivity contribution in [1.29, 1.82) is 0 Å². The number of carbonyl (C=O) groups is 1. The molecule has 9 nitrogen and oxygen atoms in total. The lowest BCUT2D eigenvalue weighted by atomic mass is 9.95. The lowest BCUT2D eigenvalue weighted by Gasteiger charge is -2.39. The molecule has 0 spiro atoms. The van der Waals surface area contributed by atoms with Gasteiger partial charge in [-0.25, -0.2) is 15.0 Å². The van der Waals surface area contributed by atoms with Crippen molar-refractivity contribution in [3.8, 4) is 5.75 Å². The van der Waals surface area contributed by atoms with Crippen LogP contribution in [0.15, 0.2) is 30.6 Å². The Bertz CT molecular complexity index is 1210. The molecule has 0 bridgehead atoms. The molecule has 9 heteroatoms. The predicted molar refractivity (Wildman–Crippen MR) is 140 cm³/mol. The second-order valence-electron chi connectivity index (χ2n) is 10.1. The summed E-state index contributed by atoms with van der Waals surface area (Å²) in [5.41, 5.74) is 3.07. The van der Waals surface area contributed by atoms with Crippen LogP contribution in [0.1, 0.15) is 37.9 Å². The molecule has 3 aromatic rings. The Morgan fingerprint density at radius 1 is 0.889 bits per heavy atom. The second kappa shape index (κ2) is 9.95. The number of piperidine rings is 1. The molecule has 0 saturated carbocycles. The van der Waals surface area contributed by atoms with E-state index in [4.69, 9.17) is 9.72 Å². The molecule has 0 atom stereocenters. The number of aryl methyl sites for hydroxylation is 2. The Balaban J connectivity index is 1.07.